The first-order chi connectivity index (χ1) is 5.74. The molecule has 0 amide bonds. The fourth-order valence-corrected chi connectivity index (χ4v) is 1.14. The quantitative estimate of drug-likeness (QED) is 0.671. The fraction of sp³-hybridized carbons (Fsp3) is 1.00. The highest BCUT2D eigenvalue weighted by molar-refractivity contribution is 4.65. The summed E-state index contributed by atoms with van der Waals surface area (Å²) in [6.07, 6.45) is 3.88. The Morgan fingerprint density at radius 2 is 1.58 bits per heavy atom. The first kappa shape index (κ1) is 14.5. The van der Waals surface area contributed by atoms with Gasteiger partial charge in [-0.1, -0.05) is 41.0 Å². The summed E-state index contributed by atoms with van der Waals surface area (Å²) in [5.74, 6) is 0.873. The second-order valence-corrected chi connectivity index (χ2v) is 3.14. The maximum atomic E-state index is 3.32. The second kappa shape index (κ2) is 11.0. The van der Waals surface area contributed by atoms with Crippen LogP contribution in [0.5, 0.6) is 0 Å². The van der Waals surface area contributed by atoms with Crippen molar-refractivity contribution in [1.29, 1.82) is 0 Å². The zero-order chi connectivity index (χ0) is 9.98. The third-order valence-corrected chi connectivity index (χ3v) is 2.28. The van der Waals surface area contributed by atoms with Gasteiger partial charge in [-0.05, 0) is 25.8 Å². The van der Waals surface area contributed by atoms with Gasteiger partial charge in [0.25, 0.3) is 0 Å². The Bertz CT molecular complexity index is 67.4. The molecular weight excluding hydrogens is 146 g/mol. The van der Waals surface area contributed by atoms with E-state index in [1.165, 1.54) is 19.3 Å². The average Bonchev–Trinajstić information content (AvgIpc) is 2.16. The second-order valence-electron chi connectivity index (χ2n) is 3.14. The van der Waals surface area contributed by atoms with E-state index in [0.29, 0.717) is 0 Å². The molecule has 0 aliphatic rings. The van der Waals surface area contributed by atoms with E-state index in [4.69, 9.17) is 0 Å². The first-order valence-corrected chi connectivity index (χ1v) is 5.41. The monoisotopic (exact) mass is 173 g/mol. The fourth-order valence-electron chi connectivity index (χ4n) is 1.14. The maximum absolute atomic E-state index is 3.32. The van der Waals surface area contributed by atoms with Gasteiger partial charge in [0.15, 0.2) is 0 Å². The average molecular weight is 173 g/mol. The molecule has 12 heavy (non-hydrogen) atoms. The van der Waals surface area contributed by atoms with Crippen molar-refractivity contribution in [2.75, 3.05) is 7.05 Å². The third-order valence-electron chi connectivity index (χ3n) is 2.28. The number of rotatable bonds is 5. The molecule has 0 radical (unpaired) electrons. The molecule has 0 saturated carbocycles. The van der Waals surface area contributed by atoms with Crippen LogP contribution in [0.25, 0.3) is 0 Å². The van der Waals surface area contributed by atoms with Crippen LogP contribution in [-0.4, -0.2) is 13.1 Å². The van der Waals surface area contributed by atoms with Crippen LogP contribution >= 0.6 is 0 Å². The Morgan fingerprint density at radius 3 is 1.83 bits per heavy atom. The summed E-state index contributed by atoms with van der Waals surface area (Å²) in [6.45, 7) is 10.8. The van der Waals surface area contributed by atoms with Gasteiger partial charge in [0.05, 0.1) is 0 Å². The van der Waals surface area contributed by atoms with E-state index in [-0.39, 0.29) is 0 Å². The van der Waals surface area contributed by atoms with Crippen LogP contribution in [0.4, 0.5) is 0 Å². The predicted octanol–water partition coefficient (Wildman–Crippen LogP) is 3.45. The number of nitrogens with one attached hydrogen (secondary N) is 1. The van der Waals surface area contributed by atoms with Crippen molar-refractivity contribution in [1.82, 2.24) is 5.32 Å². The topological polar surface area (TPSA) is 12.0 Å². The van der Waals surface area contributed by atoms with Crippen LogP contribution in [-0.2, 0) is 0 Å². The Balaban J connectivity index is 0. The molecule has 2 unspecified atom stereocenters. The zero-order valence-corrected chi connectivity index (χ0v) is 9.78. The Kier molecular flexibility index (Phi) is 13.2. The van der Waals surface area contributed by atoms with Crippen molar-refractivity contribution >= 4 is 0 Å². The lowest BCUT2D eigenvalue weighted by Gasteiger charge is -2.17. The summed E-state index contributed by atoms with van der Waals surface area (Å²) in [4.78, 5) is 0. The molecule has 0 spiro atoms. The highest BCUT2D eigenvalue weighted by Gasteiger charge is 2.06. The van der Waals surface area contributed by atoms with Crippen LogP contribution in [0.15, 0.2) is 0 Å². The summed E-state index contributed by atoms with van der Waals surface area (Å²) in [6, 6.07) is 0.731. The van der Waals surface area contributed by atoms with Crippen LogP contribution in [0, 0.1) is 5.92 Å². The molecule has 0 bridgehead atoms. The van der Waals surface area contributed by atoms with E-state index in [9.17, 15) is 0 Å². The lowest BCUT2D eigenvalue weighted by molar-refractivity contribution is 0.404. The molecule has 0 rings (SSSR count). The summed E-state index contributed by atoms with van der Waals surface area (Å²) in [5, 5.41) is 3.32. The van der Waals surface area contributed by atoms with Crippen LogP contribution in [0.3, 0.4) is 0 Å². The number of hydrogen-bond acceptors (Lipinski definition) is 1. The molecule has 76 valence electrons. The summed E-state index contributed by atoms with van der Waals surface area (Å²) < 4.78 is 0. The van der Waals surface area contributed by atoms with E-state index in [2.05, 4.69) is 33.1 Å². The van der Waals surface area contributed by atoms with Crippen molar-refractivity contribution in [3.63, 3.8) is 0 Å². The highest BCUT2D eigenvalue weighted by atomic mass is 14.9. The standard InChI is InChI=1S/C9H21N.C2H6/c1-5-8(3)7-9(6-2)10-4;1-2/h8-10H,5-7H2,1-4H3;1-2H3. The molecule has 0 fully saturated rings. The molecule has 0 aromatic rings. The summed E-state index contributed by atoms with van der Waals surface area (Å²) >= 11 is 0. The van der Waals surface area contributed by atoms with Gasteiger partial charge < -0.3 is 5.32 Å². The van der Waals surface area contributed by atoms with Gasteiger partial charge in [-0.3, -0.25) is 0 Å². The molecule has 0 aliphatic heterocycles. The van der Waals surface area contributed by atoms with E-state index in [1.54, 1.807) is 0 Å². The Hall–Kier alpha value is -0.0400. The van der Waals surface area contributed by atoms with Gasteiger partial charge in [-0.2, -0.15) is 0 Å². The van der Waals surface area contributed by atoms with Crippen molar-refractivity contribution in [3.8, 4) is 0 Å². The smallest absolute Gasteiger partial charge is 0.00639 e. The minimum atomic E-state index is 0.731. The molecule has 0 heterocycles. The first-order valence-electron chi connectivity index (χ1n) is 5.41. The van der Waals surface area contributed by atoms with Crippen LogP contribution in [0.1, 0.15) is 53.9 Å². The lowest BCUT2D eigenvalue weighted by atomic mass is 9.98. The van der Waals surface area contributed by atoms with E-state index < -0.39 is 0 Å². The summed E-state index contributed by atoms with van der Waals surface area (Å²) in [5.41, 5.74) is 0. The van der Waals surface area contributed by atoms with E-state index in [1.807, 2.05) is 13.8 Å². The lowest BCUT2D eigenvalue weighted by Crippen LogP contribution is -2.26. The normalized spacial score (nSPS) is 14.5. The summed E-state index contributed by atoms with van der Waals surface area (Å²) in [7, 11) is 2.05. The van der Waals surface area contributed by atoms with Crippen LogP contribution < -0.4 is 5.32 Å². The van der Waals surface area contributed by atoms with E-state index >= 15 is 0 Å². The Labute approximate surface area is 78.9 Å². The van der Waals surface area contributed by atoms with Crippen molar-refractivity contribution < 1.29 is 0 Å². The van der Waals surface area contributed by atoms with Gasteiger partial charge in [-0.15, -0.1) is 0 Å². The van der Waals surface area contributed by atoms with E-state index in [0.717, 1.165) is 12.0 Å². The van der Waals surface area contributed by atoms with Crippen molar-refractivity contribution in [3.05, 3.63) is 0 Å². The SMILES string of the molecule is CC.CCC(C)CC(CC)NC. The molecule has 1 nitrogen and oxygen atoms in total. The van der Waals surface area contributed by atoms with Gasteiger partial charge >= 0.3 is 0 Å². The maximum Gasteiger partial charge on any atom is 0.00639 e. The molecule has 1 heteroatoms. The molecule has 0 aromatic heterocycles. The molecule has 0 aromatic carbocycles. The molecule has 1 N–H and O–H groups in total. The zero-order valence-electron chi connectivity index (χ0n) is 9.78. The third kappa shape index (κ3) is 8.06. The number of hydrogen-bond donors (Lipinski definition) is 1. The molecule has 0 saturated heterocycles. The highest BCUT2D eigenvalue weighted by Crippen LogP contribution is 2.10. The largest absolute Gasteiger partial charge is 0.317 e. The van der Waals surface area contributed by atoms with Crippen molar-refractivity contribution in [2.45, 2.75) is 59.9 Å². The molecule has 2 atom stereocenters. The minimum absolute atomic E-state index is 0.731. The predicted molar refractivity (Wildman–Crippen MR) is 58.6 cm³/mol. The molecule has 0 aliphatic carbocycles. The Morgan fingerprint density at radius 1 is 1.08 bits per heavy atom. The van der Waals surface area contributed by atoms with Gasteiger partial charge in [0.2, 0.25) is 0 Å². The van der Waals surface area contributed by atoms with Gasteiger partial charge in [0.1, 0.15) is 0 Å². The van der Waals surface area contributed by atoms with Gasteiger partial charge in [-0.25, -0.2) is 0 Å². The minimum Gasteiger partial charge on any atom is -0.317 e. The molecular formula is C11H27N. The van der Waals surface area contributed by atoms with Crippen molar-refractivity contribution in [2.24, 2.45) is 5.92 Å². The van der Waals surface area contributed by atoms with Crippen LogP contribution in [0.2, 0.25) is 0 Å². The van der Waals surface area contributed by atoms with Gasteiger partial charge in [0, 0.05) is 6.04 Å².